The molecule has 0 radical (unpaired) electrons. The molecule has 2 aromatic carbocycles. The standard InChI is InChI=1S/C21H16N4O2/c22-17-16-12-7-13-23-19(16)25(15-10-5-2-6-11-15)21(27)18(17)24-20(26)14-8-3-1-4-9-14/h1-13H,22H2,(H,24,26). The largest absolute Gasteiger partial charge is 0.396 e. The predicted octanol–water partition coefficient (Wildman–Crippen LogP) is 3.22. The number of anilines is 2. The number of pyridine rings is 2. The van der Waals surface area contributed by atoms with Crippen LogP contribution in [0.2, 0.25) is 0 Å². The Morgan fingerprint density at radius 3 is 2.30 bits per heavy atom. The minimum Gasteiger partial charge on any atom is -0.396 e. The molecule has 0 spiro atoms. The van der Waals surface area contributed by atoms with Gasteiger partial charge in [0.05, 0.1) is 11.4 Å². The van der Waals surface area contributed by atoms with Gasteiger partial charge in [-0.05, 0) is 36.4 Å². The Hall–Kier alpha value is -3.93. The van der Waals surface area contributed by atoms with E-state index >= 15 is 0 Å². The number of nitrogens with one attached hydrogen (secondary N) is 1. The molecule has 3 N–H and O–H groups in total. The highest BCUT2D eigenvalue weighted by molar-refractivity contribution is 6.08. The van der Waals surface area contributed by atoms with Gasteiger partial charge in [-0.25, -0.2) is 4.98 Å². The molecule has 0 unspecified atom stereocenters. The van der Waals surface area contributed by atoms with Crippen molar-refractivity contribution in [3.05, 3.63) is 94.9 Å². The van der Waals surface area contributed by atoms with Gasteiger partial charge < -0.3 is 11.1 Å². The molecule has 6 nitrogen and oxygen atoms in total. The average Bonchev–Trinajstić information content (AvgIpc) is 2.72. The number of amides is 1. The van der Waals surface area contributed by atoms with E-state index in [4.69, 9.17) is 5.73 Å². The third-order valence-electron chi connectivity index (χ3n) is 4.26. The molecule has 2 heterocycles. The fourth-order valence-electron chi connectivity index (χ4n) is 2.96. The monoisotopic (exact) mass is 356 g/mol. The van der Waals surface area contributed by atoms with Crippen molar-refractivity contribution < 1.29 is 4.79 Å². The summed E-state index contributed by atoms with van der Waals surface area (Å²) in [5.74, 6) is -0.401. The van der Waals surface area contributed by atoms with Crippen molar-refractivity contribution in [2.75, 3.05) is 11.1 Å². The van der Waals surface area contributed by atoms with Crippen LogP contribution >= 0.6 is 0 Å². The number of fused-ring (bicyclic) bond motifs is 1. The zero-order valence-electron chi connectivity index (χ0n) is 14.3. The Bertz CT molecular complexity index is 1190. The molecular formula is C21H16N4O2. The first-order valence-corrected chi connectivity index (χ1v) is 8.38. The summed E-state index contributed by atoms with van der Waals surface area (Å²) in [6, 6.07) is 21.3. The Labute approximate surface area is 154 Å². The van der Waals surface area contributed by atoms with E-state index in [0.717, 1.165) is 0 Å². The van der Waals surface area contributed by atoms with Crippen molar-refractivity contribution in [1.29, 1.82) is 0 Å². The number of para-hydroxylation sites is 1. The second-order valence-corrected chi connectivity index (χ2v) is 5.96. The first-order valence-electron chi connectivity index (χ1n) is 8.38. The van der Waals surface area contributed by atoms with Crippen LogP contribution in [0.25, 0.3) is 16.7 Å². The van der Waals surface area contributed by atoms with E-state index in [-0.39, 0.29) is 11.4 Å². The predicted molar refractivity (Wildman–Crippen MR) is 106 cm³/mol. The molecule has 1 amide bonds. The summed E-state index contributed by atoms with van der Waals surface area (Å²) in [5.41, 5.74) is 7.53. The molecule has 0 bridgehead atoms. The molecule has 4 aromatic rings. The van der Waals surface area contributed by atoms with Gasteiger partial charge in [0.25, 0.3) is 11.5 Å². The Kier molecular flexibility index (Phi) is 4.14. The smallest absolute Gasteiger partial charge is 0.282 e. The topological polar surface area (TPSA) is 90.0 Å². The molecule has 4 rings (SSSR count). The van der Waals surface area contributed by atoms with Crippen LogP contribution < -0.4 is 16.6 Å². The summed E-state index contributed by atoms with van der Waals surface area (Å²) in [5, 5.41) is 3.26. The lowest BCUT2D eigenvalue weighted by Gasteiger charge is -2.15. The van der Waals surface area contributed by atoms with E-state index in [0.29, 0.717) is 22.3 Å². The van der Waals surface area contributed by atoms with Crippen LogP contribution in [0.4, 0.5) is 11.4 Å². The maximum Gasteiger partial charge on any atom is 0.282 e. The van der Waals surface area contributed by atoms with Crippen LogP contribution in [0.3, 0.4) is 0 Å². The number of nitrogens with two attached hydrogens (primary N) is 1. The van der Waals surface area contributed by atoms with Gasteiger partial charge in [0.15, 0.2) is 0 Å². The van der Waals surface area contributed by atoms with E-state index in [1.54, 1.807) is 54.7 Å². The number of benzene rings is 2. The van der Waals surface area contributed by atoms with Crippen LogP contribution in [-0.4, -0.2) is 15.5 Å². The van der Waals surface area contributed by atoms with E-state index < -0.39 is 11.5 Å². The van der Waals surface area contributed by atoms with Crippen LogP contribution in [-0.2, 0) is 0 Å². The number of nitrogens with zero attached hydrogens (tertiary/aromatic N) is 2. The maximum atomic E-state index is 13.2. The molecule has 0 fully saturated rings. The molecular weight excluding hydrogens is 340 g/mol. The number of rotatable bonds is 3. The lowest BCUT2D eigenvalue weighted by atomic mass is 10.1. The van der Waals surface area contributed by atoms with Gasteiger partial charge in [-0.15, -0.1) is 0 Å². The van der Waals surface area contributed by atoms with Crippen molar-refractivity contribution in [2.24, 2.45) is 0 Å². The number of carbonyl (C=O) groups is 1. The summed E-state index contributed by atoms with van der Waals surface area (Å²) in [6.07, 6.45) is 1.60. The lowest BCUT2D eigenvalue weighted by molar-refractivity contribution is 0.102. The number of aromatic nitrogens is 2. The minimum atomic E-state index is -0.436. The van der Waals surface area contributed by atoms with Crippen molar-refractivity contribution >= 4 is 28.3 Å². The van der Waals surface area contributed by atoms with Crippen LogP contribution in [0.5, 0.6) is 0 Å². The van der Waals surface area contributed by atoms with Crippen LogP contribution in [0.1, 0.15) is 10.4 Å². The first-order chi connectivity index (χ1) is 13.2. The summed E-state index contributed by atoms with van der Waals surface area (Å²) < 4.78 is 1.45. The highest BCUT2D eigenvalue weighted by Crippen LogP contribution is 2.26. The zero-order chi connectivity index (χ0) is 18.8. The van der Waals surface area contributed by atoms with Crippen molar-refractivity contribution in [3.8, 4) is 5.69 Å². The summed E-state index contributed by atoms with van der Waals surface area (Å²) in [6.45, 7) is 0. The van der Waals surface area contributed by atoms with Gasteiger partial charge >= 0.3 is 0 Å². The third-order valence-corrected chi connectivity index (χ3v) is 4.26. The summed E-state index contributed by atoms with van der Waals surface area (Å²) in [7, 11) is 0. The number of nitrogen functional groups attached to an aromatic ring is 1. The van der Waals surface area contributed by atoms with Crippen LogP contribution in [0.15, 0.2) is 83.8 Å². The van der Waals surface area contributed by atoms with E-state index in [1.165, 1.54) is 4.57 Å². The fourth-order valence-corrected chi connectivity index (χ4v) is 2.96. The fraction of sp³-hybridized carbons (Fsp3) is 0. The molecule has 0 saturated carbocycles. The lowest BCUT2D eigenvalue weighted by Crippen LogP contribution is -2.27. The normalized spacial score (nSPS) is 10.7. The molecule has 0 aliphatic heterocycles. The van der Waals surface area contributed by atoms with Crippen molar-refractivity contribution in [1.82, 2.24) is 9.55 Å². The second-order valence-electron chi connectivity index (χ2n) is 5.96. The van der Waals surface area contributed by atoms with Gasteiger partial charge in [0.2, 0.25) is 0 Å². The molecule has 0 atom stereocenters. The number of hydrogen-bond donors (Lipinski definition) is 2. The Morgan fingerprint density at radius 1 is 0.926 bits per heavy atom. The van der Waals surface area contributed by atoms with Crippen molar-refractivity contribution in [2.45, 2.75) is 0 Å². The van der Waals surface area contributed by atoms with E-state index in [9.17, 15) is 9.59 Å². The molecule has 0 aliphatic rings. The Morgan fingerprint density at radius 2 is 1.59 bits per heavy atom. The summed E-state index contributed by atoms with van der Waals surface area (Å²) in [4.78, 5) is 30.1. The molecule has 2 aromatic heterocycles. The average molecular weight is 356 g/mol. The van der Waals surface area contributed by atoms with Crippen LogP contribution in [0, 0.1) is 0 Å². The van der Waals surface area contributed by atoms with Gasteiger partial charge in [-0.2, -0.15) is 0 Å². The van der Waals surface area contributed by atoms with Gasteiger partial charge in [0.1, 0.15) is 11.3 Å². The SMILES string of the molecule is Nc1c(NC(=O)c2ccccc2)c(=O)n(-c2ccccc2)c2ncccc12. The zero-order valence-corrected chi connectivity index (χ0v) is 14.3. The quantitative estimate of drug-likeness (QED) is 0.590. The molecule has 27 heavy (non-hydrogen) atoms. The molecule has 132 valence electrons. The highest BCUT2D eigenvalue weighted by atomic mass is 16.2. The molecule has 6 heteroatoms. The third kappa shape index (κ3) is 2.93. The minimum absolute atomic E-state index is 0.0354. The van der Waals surface area contributed by atoms with Gasteiger partial charge in [-0.1, -0.05) is 36.4 Å². The molecule has 0 aliphatic carbocycles. The maximum absolute atomic E-state index is 13.2. The van der Waals surface area contributed by atoms with Gasteiger partial charge in [-0.3, -0.25) is 14.2 Å². The Balaban J connectivity index is 1.94. The van der Waals surface area contributed by atoms with E-state index in [2.05, 4.69) is 10.3 Å². The molecule has 0 saturated heterocycles. The first kappa shape index (κ1) is 16.5. The highest BCUT2D eigenvalue weighted by Gasteiger charge is 2.19. The summed E-state index contributed by atoms with van der Waals surface area (Å²) >= 11 is 0. The second kappa shape index (κ2) is 6.76. The number of hydrogen-bond acceptors (Lipinski definition) is 4. The van der Waals surface area contributed by atoms with E-state index in [1.807, 2.05) is 24.3 Å². The van der Waals surface area contributed by atoms with Crippen molar-refractivity contribution in [3.63, 3.8) is 0 Å². The van der Waals surface area contributed by atoms with Gasteiger partial charge in [0, 0.05) is 17.1 Å². The number of carbonyl (C=O) groups excluding carboxylic acids is 1.